The van der Waals surface area contributed by atoms with Crippen molar-refractivity contribution in [3.8, 4) is 0 Å². The molecule has 0 radical (unpaired) electrons. The molecule has 0 N–H and O–H groups in total. The molecule has 0 saturated heterocycles. The van der Waals surface area contributed by atoms with Crippen LogP contribution in [0.2, 0.25) is 0 Å². The van der Waals surface area contributed by atoms with E-state index in [0.29, 0.717) is 0 Å². The fourth-order valence-corrected chi connectivity index (χ4v) is 6.74. The number of aromatic nitrogens is 5. The zero-order valence-electron chi connectivity index (χ0n) is 20.2. The molecule has 180 valence electrons. The highest BCUT2D eigenvalue weighted by Gasteiger charge is 2.24. The zero-order valence-corrected chi connectivity index (χ0v) is 20.2. The van der Waals surface area contributed by atoms with E-state index in [9.17, 15) is 0 Å². The van der Waals surface area contributed by atoms with E-state index >= 15 is 0 Å². The van der Waals surface area contributed by atoms with Crippen molar-refractivity contribution in [2.24, 2.45) is 0 Å². The average molecular weight is 502 g/mol. The summed E-state index contributed by atoms with van der Waals surface area (Å²) in [4.78, 5) is 10.3. The van der Waals surface area contributed by atoms with Crippen LogP contribution < -0.4 is 0 Å². The number of furan rings is 2. The minimum Gasteiger partial charge on any atom is -0.456 e. The van der Waals surface area contributed by atoms with Crippen LogP contribution in [0.4, 0.5) is 0 Å². The number of benzene rings is 5. The average Bonchev–Trinajstić information content (AvgIpc) is 3.77. The molecule has 6 aromatic heterocycles. The largest absolute Gasteiger partial charge is 0.456 e. The molecule has 0 aliphatic carbocycles. The molecule has 0 aliphatic rings. The number of imidazole rings is 4. The Morgan fingerprint density at radius 2 is 0.949 bits per heavy atom. The quantitative estimate of drug-likeness (QED) is 0.212. The van der Waals surface area contributed by atoms with Crippen LogP contribution >= 0.6 is 0 Å². The molecule has 0 bridgehead atoms. The summed E-state index contributed by atoms with van der Waals surface area (Å²) in [5.41, 5.74) is 10.7. The number of nitrogens with zero attached hydrogens (tertiary/aromatic N) is 5. The third-order valence-corrected chi connectivity index (χ3v) is 8.37. The SMILES string of the molecule is c1ccc2c(c1)oc1cc3nc4n(c3cc12)c1cccc2c1n4c1nc3cc4oc5ccccc5c4cc3n21. The predicted octanol–water partition coefficient (Wildman–Crippen LogP) is 7.93. The Hall–Kier alpha value is -5.56. The van der Waals surface area contributed by atoms with Crippen LogP contribution in [0, 0.1) is 0 Å². The maximum absolute atomic E-state index is 6.16. The van der Waals surface area contributed by atoms with E-state index in [-0.39, 0.29) is 0 Å². The number of hydrogen-bond donors (Lipinski definition) is 0. The molecule has 0 unspecified atom stereocenters. The maximum Gasteiger partial charge on any atom is 0.223 e. The zero-order chi connectivity index (χ0) is 25.0. The molecular weight excluding hydrogens is 486 g/mol. The third-order valence-electron chi connectivity index (χ3n) is 8.37. The van der Waals surface area contributed by atoms with Crippen LogP contribution in [0.5, 0.6) is 0 Å². The molecule has 0 aliphatic heterocycles. The molecular formula is C32H15N5O2. The first-order chi connectivity index (χ1) is 19.3. The van der Waals surface area contributed by atoms with Gasteiger partial charge in [-0.1, -0.05) is 42.5 Å². The van der Waals surface area contributed by atoms with E-state index < -0.39 is 0 Å². The summed E-state index contributed by atoms with van der Waals surface area (Å²) in [5, 5.41) is 4.41. The molecule has 0 saturated carbocycles. The van der Waals surface area contributed by atoms with Gasteiger partial charge in [0.25, 0.3) is 0 Å². The minimum absolute atomic E-state index is 0.840. The first-order valence-electron chi connectivity index (χ1n) is 12.9. The van der Waals surface area contributed by atoms with Gasteiger partial charge < -0.3 is 8.83 Å². The van der Waals surface area contributed by atoms with Gasteiger partial charge in [-0.2, -0.15) is 0 Å². The Balaban J connectivity index is 1.33. The van der Waals surface area contributed by atoms with Gasteiger partial charge in [-0.15, -0.1) is 0 Å². The normalized spacial score (nSPS) is 13.1. The van der Waals surface area contributed by atoms with Crippen molar-refractivity contribution in [1.82, 2.24) is 23.2 Å². The van der Waals surface area contributed by atoms with E-state index in [4.69, 9.17) is 18.8 Å². The van der Waals surface area contributed by atoms with Gasteiger partial charge >= 0.3 is 0 Å². The summed E-state index contributed by atoms with van der Waals surface area (Å²) < 4.78 is 19.0. The second-order valence-corrected chi connectivity index (χ2v) is 10.3. The second kappa shape index (κ2) is 5.95. The number of fused-ring (bicyclic) bond motifs is 16. The lowest BCUT2D eigenvalue weighted by Gasteiger charge is -1.98. The lowest BCUT2D eigenvalue weighted by Crippen LogP contribution is -1.87. The highest BCUT2D eigenvalue weighted by molar-refractivity contribution is 6.13. The van der Waals surface area contributed by atoms with Crippen molar-refractivity contribution in [3.05, 3.63) is 91.0 Å². The van der Waals surface area contributed by atoms with Crippen molar-refractivity contribution in [3.63, 3.8) is 0 Å². The highest BCUT2D eigenvalue weighted by atomic mass is 16.3. The Morgan fingerprint density at radius 1 is 0.436 bits per heavy atom. The van der Waals surface area contributed by atoms with Crippen LogP contribution in [-0.2, 0) is 0 Å². The van der Waals surface area contributed by atoms with Gasteiger partial charge in [-0.25, -0.2) is 14.4 Å². The second-order valence-electron chi connectivity index (χ2n) is 10.3. The van der Waals surface area contributed by atoms with E-state index in [1.54, 1.807) is 0 Å². The Morgan fingerprint density at radius 3 is 1.49 bits per heavy atom. The first-order valence-corrected chi connectivity index (χ1v) is 12.9. The molecule has 0 spiro atoms. The molecule has 11 rings (SSSR count). The first kappa shape index (κ1) is 18.6. The monoisotopic (exact) mass is 501 g/mol. The fraction of sp³-hybridized carbons (Fsp3) is 0. The summed E-state index contributed by atoms with van der Waals surface area (Å²) in [6.07, 6.45) is 0. The van der Waals surface area contributed by atoms with Crippen LogP contribution in [0.25, 0.3) is 94.0 Å². The van der Waals surface area contributed by atoms with Crippen molar-refractivity contribution >= 4 is 94.0 Å². The number of rotatable bonds is 0. The van der Waals surface area contributed by atoms with Crippen molar-refractivity contribution < 1.29 is 8.83 Å². The van der Waals surface area contributed by atoms with Crippen LogP contribution in [0.1, 0.15) is 0 Å². The van der Waals surface area contributed by atoms with Crippen LogP contribution in [0.3, 0.4) is 0 Å². The molecule has 0 fully saturated rings. The highest BCUT2D eigenvalue weighted by Crippen LogP contribution is 2.38. The maximum atomic E-state index is 6.16. The van der Waals surface area contributed by atoms with Gasteiger partial charge in [0.2, 0.25) is 11.6 Å². The Labute approximate surface area is 217 Å². The molecule has 7 nitrogen and oxygen atoms in total. The van der Waals surface area contributed by atoms with Crippen molar-refractivity contribution in [2.75, 3.05) is 0 Å². The summed E-state index contributed by atoms with van der Waals surface area (Å²) in [7, 11) is 0. The van der Waals surface area contributed by atoms with E-state index in [2.05, 4.69) is 67.8 Å². The van der Waals surface area contributed by atoms with Gasteiger partial charge in [-0.05, 0) is 36.4 Å². The van der Waals surface area contributed by atoms with E-state index in [1.807, 2.05) is 36.4 Å². The smallest absolute Gasteiger partial charge is 0.223 e. The lowest BCUT2D eigenvalue weighted by molar-refractivity contribution is 0.669. The van der Waals surface area contributed by atoms with Crippen LogP contribution in [-0.4, -0.2) is 23.2 Å². The molecule has 39 heavy (non-hydrogen) atoms. The molecule has 6 heterocycles. The summed E-state index contributed by atoms with van der Waals surface area (Å²) >= 11 is 0. The van der Waals surface area contributed by atoms with Crippen LogP contribution in [0.15, 0.2) is 99.8 Å². The topological polar surface area (TPSA) is 65.3 Å². The summed E-state index contributed by atoms with van der Waals surface area (Å²) in [6.45, 7) is 0. The van der Waals surface area contributed by atoms with Crippen molar-refractivity contribution in [1.29, 1.82) is 0 Å². The third kappa shape index (κ3) is 2.01. The minimum atomic E-state index is 0.840. The predicted molar refractivity (Wildman–Crippen MR) is 153 cm³/mol. The molecule has 0 amide bonds. The molecule has 7 heteroatoms. The summed E-state index contributed by atoms with van der Waals surface area (Å²) in [6, 6.07) is 31.3. The lowest BCUT2D eigenvalue weighted by atomic mass is 10.1. The fourth-order valence-electron chi connectivity index (χ4n) is 6.74. The van der Waals surface area contributed by atoms with Gasteiger partial charge in [0.05, 0.1) is 33.1 Å². The molecule has 11 aromatic rings. The van der Waals surface area contributed by atoms with Gasteiger partial charge in [0.15, 0.2) is 0 Å². The van der Waals surface area contributed by atoms with Gasteiger partial charge in [-0.3, -0.25) is 8.80 Å². The standard InChI is InChI=1S/C32H15N5O2/c1-3-10-26-16(6-1)18-12-24-20(14-28(18)38-26)33-31-35(24)22-8-5-9-23-30(22)37(31)32-34-21-15-29-19(13-25(21)36(23)32)17-7-2-4-11-27(17)39-29/h1-15H. The van der Waals surface area contributed by atoms with E-state index in [1.165, 1.54) is 0 Å². The molecule has 5 aromatic carbocycles. The van der Waals surface area contributed by atoms with E-state index in [0.717, 1.165) is 94.0 Å². The summed E-state index contributed by atoms with van der Waals surface area (Å²) in [5.74, 6) is 1.68. The van der Waals surface area contributed by atoms with Crippen molar-refractivity contribution in [2.45, 2.75) is 0 Å². The molecule has 0 atom stereocenters. The number of para-hydroxylation sites is 3. The number of hydrogen-bond acceptors (Lipinski definition) is 4. The van der Waals surface area contributed by atoms with Gasteiger partial charge in [0.1, 0.15) is 27.8 Å². The Bertz CT molecular complexity index is 2650. The van der Waals surface area contributed by atoms with Gasteiger partial charge in [0, 0.05) is 33.7 Å². The Kier molecular flexibility index (Phi) is 2.84.